The zero-order valence-corrected chi connectivity index (χ0v) is 28.4. The first-order chi connectivity index (χ1) is 24.0. The summed E-state index contributed by atoms with van der Waals surface area (Å²) in [5.41, 5.74) is 0.137. The largest absolute Gasteiger partial charge is 0.484 e. The van der Waals surface area contributed by atoms with E-state index in [0.29, 0.717) is 11.8 Å². The van der Waals surface area contributed by atoms with Crippen LogP contribution in [0, 0.1) is 0 Å². The van der Waals surface area contributed by atoms with E-state index < -0.39 is 66.8 Å². The summed E-state index contributed by atoms with van der Waals surface area (Å²) in [6.45, 7) is 6.45. The van der Waals surface area contributed by atoms with Gasteiger partial charge in [-0.3, -0.25) is 19.2 Å². The number of ether oxygens (including phenoxy) is 8. The molecule has 0 amide bonds. The summed E-state index contributed by atoms with van der Waals surface area (Å²) in [7, 11) is 0. The topological polar surface area (TPSA) is 172 Å². The summed E-state index contributed by atoms with van der Waals surface area (Å²) < 4.78 is 51.2. The van der Waals surface area contributed by atoms with Gasteiger partial charge in [0.1, 0.15) is 30.7 Å². The second-order valence-corrected chi connectivity index (χ2v) is 11.2. The van der Waals surface area contributed by atoms with E-state index in [1.54, 1.807) is 6.07 Å². The number of carbonyl (C=O) groups is 4. The van der Waals surface area contributed by atoms with Crippen molar-refractivity contribution in [2.45, 2.75) is 84.8 Å². The average molecular weight is 697 g/mol. The van der Waals surface area contributed by atoms with E-state index in [2.05, 4.69) is 0 Å². The second-order valence-electron chi connectivity index (χ2n) is 11.2. The van der Waals surface area contributed by atoms with Crippen molar-refractivity contribution < 1.29 is 61.5 Å². The van der Waals surface area contributed by atoms with Crippen LogP contribution in [0.5, 0.6) is 17.2 Å². The standard InChI is InChI=1S/C36H40O14/c1-6-7-8-12-17-42-33-30(44-19-25-13-10-9-11-14-25)27-16-15-26(18-28(27)49-35(33)41)48-36-34(47-24(5)40)32(46-23(4)39)31(45-22(3)38)29(50-36)20-43-21(2)37/h7-11,13-16,18,29,31-32,34,36H,6,12,17,19-20H2,1-5H3/b8-7+/t29-,31-,32+,34-,36-/m1/s1. The minimum atomic E-state index is -1.49. The highest BCUT2D eigenvalue weighted by Crippen LogP contribution is 2.37. The summed E-state index contributed by atoms with van der Waals surface area (Å²) in [6, 6.07) is 13.9. The van der Waals surface area contributed by atoms with Gasteiger partial charge in [-0.05, 0) is 30.5 Å². The van der Waals surface area contributed by atoms with E-state index in [4.69, 9.17) is 42.3 Å². The zero-order chi connectivity index (χ0) is 36.2. The maximum absolute atomic E-state index is 13.3. The van der Waals surface area contributed by atoms with Crippen LogP contribution in [0.15, 0.2) is 69.9 Å². The molecule has 3 aromatic rings. The molecular weight excluding hydrogens is 656 g/mol. The van der Waals surface area contributed by atoms with Crippen molar-refractivity contribution >= 4 is 34.8 Å². The predicted octanol–water partition coefficient (Wildman–Crippen LogP) is 4.57. The third-order valence-corrected chi connectivity index (χ3v) is 7.15. The molecule has 1 saturated heterocycles. The zero-order valence-electron chi connectivity index (χ0n) is 28.4. The van der Waals surface area contributed by atoms with Crippen molar-refractivity contribution in [1.82, 2.24) is 0 Å². The van der Waals surface area contributed by atoms with Crippen LogP contribution in [0.1, 0.15) is 53.0 Å². The maximum atomic E-state index is 13.3. The van der Waals surface area contributed by atoms with Gasteiger partial charge in [0, 0.05) is 33.8 Å². The van der Waals surface area contributed by atoms with Crippen LogP contribution >= 0.6 is 0 Å². The summed E-state index contributed by atoms with van der Waals surface area (Å²) in [5.74, 6) is -2.84. The number of hydrogen-bond acceptors (Lipinski definition) is 14. The monoisotopic (exact) mass is 696 g/mol. The van der Waals surface area contributed by atoms with Crippen molar-refractivity contribution in [3.8, 4) is 17.2 Å². The summed E-state index contributed by atoms with van der Waals surface area (Å²) in [5, 5.41) is 0.397. The van der Waals surface area contributed by atoms with Crippen LogP contribution in [0.4, 0.5) is 0 Å². The molecule has 1 aliphatic rings. The van der Waals surface area contributed by atoms with Crippen molar-refractivity contribution in [3.05, 3.63) is 76.7 Å². The molecule has 0 unspecified atom stereocenters. The smallest absolute Gasteiger partial charge is 0.383 e. The molecule has 14 heteroatoms. The van der Waals surface area contributed by atoms with Gasteiger partial charge < -0.3 is 42.3 Å². The second kappa shape index (κ2) is 17.9. The number of benzene rings is 2. The van der Waals surface area contributed by atoms with E-state index >= 15 is 0 Å². The first-order valence-electron chi connectivity index (χ1n) is 16.0. The molecule has 0 N–H and O–H groups in total. The fraction of sp³-hybridized carbons (Fsp3) is 0.417. The molecule has 5 atom stereocenters. The first-order valence-corrected chi connectivity index (χ1v) is 16.0. The first kappa shape index (κ1) is 37.4. The van der Waals surface area contributed by atoms with Gasteiger partial charge in [-0.25, -0.2) is 4.79 Å². The number of allylic oxidation sites excluding steroid dienone is 1. The maximum Gasteiger partial charge on any atom is 0.383 e. The Morgan fingerprint density at radius 2 is 1.46 bits per heavy atom. The van der Waals surface area contributed by atoms with E-state index in [1.807, 2.05) is 49.4 Å². The number of rotatable bonds is 15. The molecule has 0 saturated carbocycles. The van der Waals surface area contributed by atoms with Crippen LogP contribution in [0.2, 0.25) is 0 Å². The fourth-order valence-electron chi connectivity index (χ4n) is 5.14. The summed E-state index contributed by atoms with van der Waals surface area (Å²) in [4.78, 5) is 61.3. The molecule has 50 heavy (non-hydrogen) atoms. The Labute approximate surface area is 288 Å². The molecule has 1 aliphatic heterocycles. The highest BCUT2D eigenvalue weighted by Gasteiger charge is 2.53. The molecule has 4 rings (SSSR count). The van der Waals surface area contributed by atoms with Crippen LogP contribution in [0.3, 0.4) is 0 Å². The highest BCUT2D eigenvalue weighted by atomic mass is 16.7. The van der Waals surface area contributed by atoms with Crippen LogP contribution in [-0.2, 0) is 49.5 Å². The molecule has 0 radical (unpaired) electrons. The van der Waals surface area contributed by atoms with E-state index in [-0.39, 0.29) is 36.0 Å². The minimum Gasteiger partial charge on any atom is -0.484 e. The Bertz CT molecular complexity index is 1730. The van der Waals surface area contributed by atoms with Crippen LogP contribution < -0.4 is 19.8 Å². The Morgan fingerprint density at radius 3 is 2.12 bits per heavy atom. The van der Waals surface area contributed by atoms with Gasteiger partial charge >= 0.3 is 29.5 Å². The van der Waals surface area contributed by atoms with E-state index in [0.717, 1.165) is 32.8 Å². The average Bonchev–Trinajstić information content (AvgIpc) is 3.05. The molecule has 1 aromatic heterocycles. The molecular formula is C36H40O14. The SMILES string of the molecule is CC/C=C/CCOc1c(OCc2ccccc2)c2ccc(O[C@@H]3O[C@H](COC(C)=O)[C@@H](OC(C)=O)[C@H](OC(C)=O)[C@H]3OC(C)=O)cc2oc1=O. The lowest BCUT2D eigenvalue weighted by Gasteiger charge is -2.43. The van der Waals surface area contributed by atoms with Gasteiger partial charge in [0.05, 0.1) is 12.0 Å². The summed E-state index contributed by atoms with van der Waals surface area (Å²) >= 11 is 0. The lowest BCUT2D eigenvalue weighted by atomic mass is 9.98. The molecule has 268 valence electrons. The Morgan fingerprint density at radius 1 is 0.780 bits per heavy atom. The van der Waals surface area contributed by atoms with E-state index in [9.17, 15) is 24.0 Å². The Balaban J connectivity index is 1.72. The lowest BCUT2D eigenvalue weighted by Crippen LogP contribution is -2.63. The number of fused-ring (bicyclic) bond motifs is 1. The lowest BCUT2D eigenvalue weighted by molar-refractivity contribution is -0.288. The molecule has 0 spiro atoms. The quantitative estimate of drug-likeness (QED) is 0.0711. The number of hydrogen-bond donors (Lipinski definition) is 0. The van der Waals surface area contributed by atoms with Gasteiger partial charge in [0.15, 0.2) is 18.0 Å². The third kappa shape index (κ3) is 10.3. The van der Waals surface area contributed by atoms with Gasteiger partial charge in [-0.1, -0.05) is 49.4 Å². The third-order valence-electron chi connectivity index (χ3n) is 7.15. The van der Waals surface area contributed by atoms with Crippen molar-refractivity contribution in [1.29, 1.82) is 0 Å². The molecule has 1 fully saturated rings. The minimum absolute atomic E-state index is 0.0689. The van der Waals surface area contributed by atoms with Gasteiger partial charge in [-0.15, -0.1) is 0 Å². The van der Waals surface area contributed by atoms with Crippen molar-refractivity contribution in [2.75, 3.05) is 13.2 Å². The van der Waals surface area contributed by atoms with Gasteiger partial charge in [-0.2, -0.15) is 0 Å². The van der Waals surface area contributed by atoms with Crippen LogP contribution in [0.25, 0.3) is 11.0 Å². The predicted molar refractivity (Wildman–Crippen MR) is 175 cm³/mol. The molecule has 0 aliphatic carbocycles. The Kier molecular flexibility index (Phi) is 13.4. The molecule has 14 nitrogen and oxygen atoms in total. The fourth-order valence-corrected chi connectivity index (χ4v) is 5.14. The molecule has 0 bridgehead atoms. The van der Waals surface area contributed by atoms with Crippen molar-refractivity contribution in [2.24, 2.45) is 0 Å². The Hall–Kier alpha value is -5.37. The number of carbonyl (C=O) groups excluding carboxylic acids is 4. The number of esters is 4. The molecule has 2 aromatic carbocycles. The summed E-state index contributed by atoms with van der Waals surface area (Å²) in [6.07, 6.45) is -1.58. The highest BCUT2D eigenvalue weighted by molar-refractivity contribution is 5.86. The van der Waals surface area contributed by atoms with E-state index in [1.165, 1.54) is 19.1 Å². The van der Waals surface area contributed by atoms with Crippen molar-refractivity contribution in [3.63, 3.8) is 0 Å². The van der Waals surface area contributed by atoms with Gasteiger partial charge in [0.2, 0.25) is 18.1 Å². The normalized spacial score (nSPS) is 20.1. The van der Waals surface area contributed by atoms with Crippen LogP contribution in [-0.4, -0.2) is 67.8 Å². The molecule has 2 heterocycles. The van der Waals surface area contributed by atoms with Gasteiger partial charge in [0.25, 0.3) is 0 Å².